The maximum atomic E-state index is 5.29. The molecule has 1 atom stereocenters. The molecule has 0 saturated carbocycles. The van der Waals surface area contributed by atoms with Gasteiger partial charge in [-0.25, -0.2) is 0 Å². The topological polar surface area (TPSA) is 38.0 Å². The van der Waals surface area contributed by atoms with Crippen molar-refractivity contribution in [2.75, 3.05) is 13.1 Å². The Morgan fingerprint density at radius 3 is 1.36 bits per heavy atom. The van der Waals surface area contributed by atoms with Crippen LogP contribution in [0.25, 0.3) is 0 Å². The summed E-state index contributed by atoms with van der Waals surface area (Å²) in [4.78, 5) is 0. The molecule has 0 rings (SSSR count). The number of nitrogens with one attached hydrogen (secondary N) is 1. The summed E-state index contributed by atoms with van der Waals surface area (Å²) in [5.74, 6) is 1.56. The highest BCUT2D eigenvalue weighted by Crippen LogP contribution is 1.90. The van der Waals surface area contributed by atoms with Crippen molar-refractivity contribution in [3.05, 3.63) is 0 Å². The number of rotatable bonds is 5. The van der Waals surface area contributed by atoms with Gasteiger partial charge in [-0.05, 0) is 38.3 Å². The van der Waals surface area contributed by atoms with E-state index in [4.69, 9.17) is 5.73 Å². The molecule has 0 aliphatic rings. The third-order valence-electron chi connectivity index (χ3n) is 1.75. The standard InChI is InChI=1S/C8H19N.C4H11N/c1-7(2)5-9-6-8(3)4;1-3-4(2)5/h7-9H,5-6H2,1-4H3;4H,3,5H2,1-2H3. The van der Waals surface area contributed by atoms with E-state index >= 15 is 0 Å². The predicted molar refractivity (Wildman–Crippen MR) is 66.5 cm³/mol. The zero-order valence-corrected chi connectivity index (χ0v) is 10.9. The SMILES string of the molecule is CC(C)CNCC(C)C.CCC(C)N. The summed E-state index contributed by atoms with van der Waals surface area (Å²) in [5.41, 5.74) is 5.29. The minimum Gasteiger partial charge on any atom is -0.328 e. The van der Waals surface area contributed by atoms with Crippen LogP contribution in [0.15, 0.2) is 0 Å². The van der Waals surface area contributed by atoms with Gasteiger partial charge in [0.2, 0.25) is 0 Å². The van der Waals surface area contributed by atoms with Gasteiger partial charge >= 0.3 is 0 Å². The molecule has 2 nitrogen and oxygen atoms in total. The van der Waals surface area contributed by atoms with E-state index in [0.29, 0.717) is 6.04 Å². The normalized spacial score (nSPS) is 12.6. The maximum absolute atomic E-state index is 5.29. The van der Waals surface area contributed by atoms with Crippen LogP contribution in [0.4, 0.5) is 0 Å². The molecular weight excluding hydrogens is 172 g/mol. The monoisotopic (exact) mass is 202 g/mol. The van der Waals surface area contributed by atoms with E-state index in [0.717, 1.165) is 31.3 Å². The van der Waals surface area contributed by atoms with E-state index in [2.05, 4.69) is 39.9 Å². The lowest BCUT2D eigenvalue weighted by Crippen LogP contribution is -2.23. The first-order valence-electron chi connectivity index (χ1n) is 5.86. The molecule has 0 aromatic heterocycles. The third-order valence-corrected chi connectivity index (χ3v) is 1.75. The molecule has 1 unspecified atom stereocenters. The molecule has 88 valence electrons. The summed E-state index contributed by atoms with van der Waals surface area (Å²) in [6, 6.07) is 0.384. The molecule has 0 fully saturated rings. The summed E-state index contributed by atoms with van der Waals surface area (Å²) in [5, 5.41) is 3.38. The van der Waals surface area contributed by atoms with Gasteiger partial charge < -0.3 is 11.1 Å². The van der Waals surface area contributed by atoms with E-state index in [9.17, 15) is 0 Å². The molecule has 0 heterocycles. The van der Waals surface area contributed by atoms with Crippen molar-refractivity contribution < 1.29 is 0 Å². The first kappa shape index (κ1) is 16.4. The molecule has 3 N–H and O–H groups in total. The fourth-order valence-electron chi connectivity index (χ4n) is 0.661. The smallest absolute Gasteiger partial charge is 0.000781 e. The summed E-state index contributed by atoms with van der Waals surface area (Å²) < 4.78 is 0. The van der Waals surface area contributed by atoms with Crippen molar-refractivity contribution in [3.63, 3.8) is 0 Å². The van der Waals surface area contributed by atoms with Crippen LogP contribution < -0.4 is 11.1 Å². The largest absolute Gasteiger partial charge is 0.328 e. The average molecular weight is 202 g/mol. The zero-order valence-electron chi connectivity index (χ0n) is 10.9. The molecule has 0 saturated heterocycles. The molecular formula is C12H30N2. The second kappa shape index (κ2) is 11.0. The van der Waals surface area contributed by atoms with E-state index in [1.165, 1.54) is 0 Å². The van der Waals surface area contributed by atoms with Crippen LogP contribution in [0.5, 0.6) is 0 Å². The molecule has 2 heteroatoms. The molecule has 0 aromatic rings. The Balaban J connectivity index is 0. The summed E-state index contributed by atoms with van der Waals surface area (Å²) >= 11 is 0. The van der Waals surface area contributed by atoms with Gasteiger partial charge in [0.15, 0.2) is 0 Å². The number of hydrogen-bond donors (Lipinski definition) is 2. The fourth-order valence-corrected chi connectivity index (χ4v) is 0.661. The van der Waals surface area contributed by atoms with E-state index in [1.807, 2.05) is 6.92 Å². The van der Waals surface area contributed by atoms with E-state index in [1.54, 1.807) is 0 Å². The van der Waals surface area contributed by atoms with Crippen molar-refractivity contribution in [1.29, 1.82) is 0 Å². The maximum Gasteiger partial charge on any atom is 0.000781 e. The van der Waals surface area contributed by atoms with E-state index in [-0.39, 0.29) is 0 Å². The molecule has 0 bridgehead atoms. The Hall–Kier alpha value is -0.0800. The first-order chi connectivity index (χ1) is 6.40. The zero-order chi connectivity index (χ0) is 11.6. The molecule has 0 amide bonds. The minimum absolute atomic E-state index is 0.384. The molecule has 14 heavy (non-hydrogen) atoms. The van der Waals surface area contributed by atoms with Crippen molar-refractivity contribution in [2.24, 2.45) is 17.6 Å². The minimum atomic E-state index is 0.384. The Bertz CT molecular complexity index is 90.5. The highest BCUT2D eigenvalue weighted by molar-refractivity contribution is 4.52. The van der Waals surface area contributed by atoms with Gasteiger partial charge in [-0.15, -0.1) is 0 Å². The van der Waals surface area contributed by atoms with Crippen molar-refractivity contribution in [1.82, 2.24) is 5.32 Å². The molecule has 0 aromatic carbocycles. The van der Waals surface area contributed by atoms with Gasteiger partial charge in [0.25, 0.3) is 0 Å². The Labute approximate surface area is 90.6 Å². The highest BCUT2D eigenvalue weighted by Gasteiger charge is 1.94. The van der Waals surface area contributed by atoms with Gasteiger partial charge in [0, 0.05) is 6.04 Å². The molecule has 0 aliphatic carbocycles. The molecule has 0 radical (unpaired) electrons. The molecule has 0 aliphatic heterocycles. The van der Waals surface area contributed by atoms with Crippen LogP contribution in [-0.2, 0) is 0 Å². The van der Waals surface area contributed by atoms with Gasteiger partial charge in [0.1, 0.15) is 0 Å². The second-order valence-corrected chi connectivity index (χ2v) is 4.83. The predicted octanol–water partition coefficient (Wildman–Crippen LogP) is 2.63. The fraction of sp³-hybridized carbons (Fsp3) is 1.00. The third kappa shape index (κ3) is 22.7. The molecule has 0 spiro atoms. The van der Waals surface area contributed by atoms with Crippen LogP contribution in [0.2, 0.25) is 0 Å². The van der Waals surface area contributed by atoms with Gasteiger partial charge in [-0.3, -0.25) is 0 Å². The van der Waals surface area contributed by atoms with E-state index < -0.39 is 0 Å². The van der Waals surface area contributed by atoms with Crippen LogP contribution in [0.3, 0.4) is 0 Å². The number of nitrogens with two attached hydrogens (primary N) is 1. The van der Waals surface area contributed by atoms with Crippen LogP contribution in [-0.4, -0.2) is 19.1 Å². The lowest BCUT2D eigenvalue weighted by atomic mass is 10.2. The lowest BCUT2D eigenvalue weighted by molar-refractivity contribution is 0.497. The van der Waals surface area contributed by atoms with Crippen LogP contribution in [0, 0.1) is 11.8 Å². The Morgan fingerprint density at radius 1 is 0.929 bits per heavy atom. The quantitative estimate of drug-likeness (QED) is 0.719. The van der Waals surface area contributed by atoms with Crippen molar-refractivity contribution >= 4 is 0 Å². The average Bonchev–Trinajstić information content (AvgIpc) is 2.04. The lowest BCUT2D eigenvalue weighted by Gasteiger charge is -2.08. The summed E-state index contributed by atoms with van der Waals surface area (Å²) in [6.45, 7) is 15.3. The Morgan fingerprint density at radius 2 is 1.21 bits per heavy atom. The van der Waals surface area contributed by atoms with Crippen LogP contribution in [0.1, 0.15) is 48.0 Å². The van der Waals surface area contributed by atoms with Crippen molar-refractivity contribution in [3.8, 4) is 0 Å². The highest BCUT2D eigenvalue weighted by atomic mass is 14.9. The second-order valence-electron chi connectivity index (χ2n) is 4.83. The number of hydrogen-bond acceptors (Lipinski definition) is 2. The van der Waals surface area contributed by atoms with Gasteiger partial charge in [0.05, 0.1) is 0 Å². The first-order valence-corrected chi connectivity index (χ1v) is 5.86. The van der Waals surface area contributed by atoms with Gasteiger partial charge in [-0.2, -0.15) is 0 Å². The van der Waals surface area contributed by atoms with Crippen LogP contribution >= 0.6 is 0 Å². The summed E-state index contributed by atoms with van der Waals surface area (Å²) in [6.07, 6.45) is 1.08. The summed E-state index contributed by atoms with van der Waals surface area (Å²) in [7, 11) is 0. The Kier molecular flexibility index (Phi) is 12.8. The van der Waals surface area contributed by atoms with Gasteiger partial charge in [-0.1, -0.05) is 34.6 Å². The van der Waals surface area contributed by atoms with Crippen molar-refractivity contribution in [2.45, 2.75) is 54.0 Å².